The Bertz CT molecular complexity index is 322. The second-order valence-corrected chi connectivity index (χ2v) is 7.12. The highest BCUT2D eigenvalue weighted by atomic mass is 32.2. The summed E-state index contributed by atoms with van der Waals surface area (Å²) in [6, 6.07) is 0. The van der Waals surface area contributed by atoms with Crippen LogP contribution in [-0.2, 0) is 0 Å². The SMILES string of the molecule is CSc1nnc(SCC2(CCN)CC2)s1. The van der Waals surface area contributed by atoms with Crippen LogP contribution in [-0.4, -0.2) is 28.8 Å². The predicted molar refractivity (Wildman–Crippen MR) is 67.8 cm³/mol. The molecule has 2 rings (SSSR count). The van der Waals surface area contributed by atoms with Crippen molar-refractivity contribution in [1.82, 2.24) is 10.2 Å². The van der Waals surface area contributed by atoms with Crippen LogP contribution in [0.5, 0.6) is 0 Å². The molecule has 1 aromatic rings. The van der Waals surface area contributed by atoms with E-state index in [0.717, 1.165) is 27.4 Å². The van der Waals surface area contributed by atoms with Crippen molar-refractivity contribution >= 4 is 34.9 Å². The maximum atomic E-state index is 5.61. The van der Waals surface area contributed by atoms with Gasteiger partial charge in [-0.1, -0.05) is 34.9 Å². The third-order valence-electron chi connectivity index (χ3n) is 2.70. The first-order chi connectivity index (χ1) is 7.28. The van der Waals surface area contributed by atoms with Crippen LogP contribution < -0.4 is 5.73 Å². The van der Waals surface area contributed by atoms with E-state index in [0.29, 0.717) is 5.41 Å². The van der Waals surface area contributed by atoms with E-state index >= 15 is 0 Å². The second-order valence-electron chi connectivity index (χ2n) is 3.87. The van der Waals surface area contributed by atoms with Crippen LogP contribution in [0, 0.1) is 5.41 Å². The van der Waals surface area contributed by atoms with E-state index < -0.39 is 0 Å². The minimum atomic E-state index is 0.532. The Morgan fingerprint density at radius 2 is 2.13 bits per heavy atom. The molecule has 3 nitrogen and oxygen atoms in total. The smallest absolute Gasteiger partial charge is 0.175 e. The Hall–Kier alpha value is 0.220. The molecule has 0 aliphatic heterocycles. The third-order valence-corrected chi connectivity index (χ3v) is 6.08. The lowest BCUT2D eigenvalue weighted by atomic mass is 10.1. The molecule has 2 N–H and O–H groups in total. The second kappa shape index (κ2) is 5.03. The molecule has 1 fully saturated rings. The molecule has 1 aliphatic rings. The van der Waals surface area contributed by atoms with Crippen LogP contribution in [0.1, 0.15) is 19.3 Å². The van der Waals surface area contributed by atoms with E-state index in [1.165, 1.54) is 12.8 Å². The molecule has 84 valence electrons. The molecule has 0 bridgehead atoms. The largest absolute Gasteiger partial charge is 0.330 e. The third kappa shape index (κ3) is 3.09. The highest BCUT2D eigenvalue weighted by Crippen LogP contribution is 2.51. The molecule has 1 heterocycles. The lowest BCUT2D eigenvalue weighted by Crippen LogP contribution is -2.11. The zero-order valence-corrected chi connectivity index (χ0v) is 11.2. The Balaban J connectivity index is 1.82. The Kier molecular flexibility index (Phi) is 3.93. The lowest BCUT2D eigenvalue weighted by Gasteiger charge is -2.10. The summed E-state index contributed by atoms with van der Waals surface area (Å²) in [4.78, 5) is 0. The molecular weight excluding hydrogens is 246 g/mol. The molecule has 0 aromatic carbocycles. The highest BCUT2D eigenvalue weighted by Gasteiger charge is 2.41. The summed E-state index contributed by atoms with van der Waals surface area (Å²) in [5, 5.41) is 8.25. The van der Waals surface area contributed by atoms with Crippen LogP contribution in [0.2, 0.25) is 0 Å². The Labute approximate surface area is 103 Å². The van der Waals surface area contributed by atoms with Gasteiger partial charge in [-0.05, 0) is 37.5 Å². The number of hydrogen-bond acceptors (Lipinski definition) is 6. The molecule has 0 saturated heterocycles. The van der Waals surface area contributed by atoms with Gasteiger partial charge in [0, 0.05) is 5.75 Å². The number of hydrogen-bond donors (Lipinski definition) is 1. The summed E-state index contributed by atoms with van der Waals surface area (Å²) in [7, 11) is 0. The van der Waals surface area contributed by atoms with Gasteiger partial charge in [0.2, 0.25) is 0 Å². The van der Waals surface area contributed by atoms with Gasteiger partial charge in [-0.2, -0.15) is 0 Å². The van der Waals surface area contributed by atoms with Crippen molar-refractivity contribution in [2.45, 2.75) is 27.9 Å². The number of rotatable bonds is 6. The number of nitrogens with two attached hydrogens (primary N) is 1. The molecule has 0 atom stereocenters. The molecule has 0 amide bonds. The Morgan fingerprint density at radius 3 is 2.67 bits per heavy atom. The van der Waals surface area contributed by atoms with Crippen molar-refractivity contribution in [3.8, 4) is 0 Å². The topological polar surface area (TPSA) is 51.8 Å². The maximum Gasteiger partial charge on any atom is 0.175 e. The van der Waals surface area contributed by atoms with Crippen LogP contribution in [0.4, 0.5) is 0 Å². The Morgan fingerprint density at radius 1 is 1.40 bits per heavy atom. The summed E-state index contributed by atoms with van der Waals surface area (Å²) in [5.41, 5.74) is 6.14. The van der Waals surface area contributed by atoms with E-state index in [1.54, 1.807) is 23.1 Å². The monoisotopic (exact) mass is 261 g/mol. The number of nitrogens with zero attached hydrogens (tertiary/aromatic N) is 2. The molecule has 0 unspecified atom stereocenters. The zero-order chi connectivity index (χ0) is 10.7. The first kappa shape index (κ1) is 11.7. The molecule has 1 aromatic heterocycles. The summed E-state index contributed by atoms with van der Waals surface area (Å²) in [6.07, 6.45) is 5.87. The minimum absolute atomic E-state index is 0.532. The van der Waals surface area contributed by atoms with Crippen molar-refractivity contribution < 1.29 is 0 Å². The first-order valence-electron chi connectivity index (χ1n) is 4.98. The quantitative estimate of drug-likeness (QED) is 0.797. The van der Waals surface area contributed by atoms with Crippen LogP contribution in [0.25, 0.3) is 0 Å². The average Bonchev–Trinajstić information content (AvgIpc) is 2.86. The van der Waals surface area contributed by atoms with Gasteiger partial charge >= 0.3 is 0 Å². The maximum absolute atomic E-state index is 5.61. The van der Waals surface area contributed by atoms with Gasteiger partial charge in [0.15, 0.2) is 8.68 Å². The average molecular weight is 261 g/mol. The fourth-order valence-corrected chi connectivity index (χ4v) is 4.28. The molecule has 1 saturated carbocycles. The van der Waals surface area contributed by atoms with Crippen molar-refractivity contribution in [3.63, 3.8) is 0 Å². The standard InChI is InChI=1S/C9H15N3S3/c1-13-7-11-12-8(15-7)14-6-9(2-3-9)4-5-10/h2-6,10H2,1H3. The minimum Gasteiger partial charge on any atom is -0.330 e. The molecule has 6 heteroatoms. The van der Waals surface area contributed by atoms with E-state index in [-0.39, 0.29) is 0 Å². The normalized spacial score (nSPS) is 18.0. The summed E-state index contributed by atoms with van der Waals surface area (Å²) < 4.78 is 2.16. The lowest BCUT2D eigenvalue weighted by molar-refractivity contribution is 0.537. The van der Waals surface area contributed by atoms with Gasteiger partial charge in [-0.15, -0.1) is 10.2 Å². The summed E-state index contributed by atoms with van der Waals surface area (Å²) in [5.74, 6) is 1.16. The van der Waals surface area contributed by atoms with Crippen molar-refractivity contribution in [3.05, 3.63) is 0 Å². The molecule has 15 heavy (non-hydrogen) atoms. The number of aromatic nitrogens is 2. The molecular formula is C9H15N3S3. The van der Waals surface area contributed by atoms with Gasteiger partial charge in [-0.25, -0.2) is 0 Å². The molecule has 1 aliphatic carbocycles. The fraction of sp³-hybridized carbons (Fsp3) is 0.778. The van der Waals surface area contributed by atoms with Crippen LogP contribution in [0.15, 0.2) is 8.68 Å². The molecule has 0 spiro atoms. The first-order valence-corrected chi connectivity index (χ1v) is 8.01. The van der Waals surface area contributed by atoms with E-state index in [1.807, 2.05) is 18.0 Å². The van der Waals surface area contributed by atoms with Crippen LogP contribution >= 0.6 is 34.9 Å². The van der Waals surface area contributed by atoms with Crippen LogP contribution in [0.3, 0.4) is 0 Å². The summed E-state index contributed by atoms with van der Waals surface area (Å²) >= 11 is 5.19. The van der Waals surface area contributed by atoms with Crippen molar-refractivity contribution in [1.29, 1.82) is 0 Å². The fourth-order valence-electron chi connectivity index (χ4n) is 1.50. The van der Waals surface area contributed by atoms with Gasteiger partial charge in [0.25, 0.3) is 0 Å². The van der Waals surface area contributed by atoms with Gasteiger partial charge in [-0.3, -0.25) is 0 Å². The van der Waals surface area contributed by atoms with E-state index in [2.05, 4.69) is 10.2 Å². The van der Waals surface area contributed by atoms with E-state index in [9.17, 15) is 0 Å². The van der Waals surface area contributed by atoms with Crippen molar-refractivity contribution in [2.75, 3.05) is 18.6 Å². The summed E-state index contributed by atoms with van der Waals surface area (Å²) in [6.45, 7) is 0.812. The predicted octanol–water partition coefficient (Wildman–Crippen LogP) is 2.48. The van der Waals surface area contributed by atoms with Gasteiger partial charge < -0.3 is 5.73 Å². The van der Waals surface area contributed by atoms with Crippen molar-refractivity contribution in [2.24, 2.45) is 11.1 Å². The molecule has 0 radical (unpaired) electrons. The zero-order valence-electron chi connectivity index (χ0n) is 8.73. The van der Waals surface area contributed by atoms with E-state index in [4.69, 9.17) is 5.73 Å². The van der Waals surface area contributed by atoms with Gasteiger partial charge in [0.1, 0.15) is 0 Å². The highest BCUT2D eigenvalue weighted by molar-refractivity contribution is 8.03. The van der Waals surface area contributed by atoms with Gasteiger partial charge in [0.05, 0.1) is 0 Å². The number of thioether (sulfide) groups is 2.